The number of rotatable bonds is 6. The Kier molecular flexibility index (Phi) is 10.1. The first-order valence-corrected chi connectivity index (χ1v) is 14.7. The Balaban J connectivity index is 0.00000128. The van der Waals surface area contributed by atoms with E-state index in [1.54, 1.807) is 0 Å². The van der Waals surface area contributed by atoms with Crippen LogP contribution < -0.4 is 14.4 Å². The quantitative estimate of drug-likeness (QED) is 0.0636. The highest BCUT2D eigenvalue weighted by molar-refractivity contribution is 6.17. The zero-order chi connectivity index (χ0) is 31.4. The van der Waals surface area contributed by atoms with Gasteiger partial charge >= 0.3 is 5.96 Å². The minimum Gasteiger partial charge on any atom is -0.444 e. The van der Waals surface area contributed by atoms with Crippen molar-refractivity contribution in [2.75, 3.05) is 9.80 Å². The molecule has 0 N–H and O–H groups in total. The Morgan fingerprint density at radius 3 is 0.956 bits per heavy atom. The summed E-state index contributed by atoms with van der Waals surface area (Å²) in [6, 6.07) is 59.9. The lowest BCUT2D eigenvalue weighted by Gasteiger charge is -2.30. The smallest absolute Gasteiger partial charge is 0.380 e. The average molecular weight is 591 g/mol. The van der Waals surface area contributed by atoms with Crippen LogP contribution >= 0.6 is 0 Å². The maximum absolute atomic E-state index is 8.00. The van der Waals surface area contributed by atoms with Crippen molar-refractivity contribution in [2.45, 2.75) is 13.8 Å². The van der Waals surface area contributed by atoms with Gasteiger partial charge in [0, 0.05) is 0 Å². The molecule has 0 aliphatic heterocycles. The van der Waals surface area contributed by atoms with Gasteiger partial charge in [-0.1, -0.05) is 108 Å². The van der Waals surface area contributed by atoms with Gasteiger partial charge in [0.2, 0.25) is 0 Å². The number of nitrogens with zero attached hydrogens (tertiary/aromatic N) is 4. The predicted octanol–water partition coefficient (Wildman–Crippen LogP) is 10.4. The molecule has 0 unspecified atom stereocenters. The molecular formula is C39H34N4O2. The Bertz CT molecular complexity index is 1600. The molecule has 0 bridgehead atoms. The van der Waals surface area contributed by atoms with Crippen molar-refractivity contribution in [2.24, 2.45) is 5.34 Å². The van der Waals surface area contributed by atoms with Crippen molar-refractivity contribution in [3.05, 3.63) is 191 Å². The molecule has 0 amide bonds. The fourth-order valence-corrected chi connectivity index (χ4v) is 5.14. The fourth-order valence-electron chi connectivity index (χ4n) is 5.14. The summed E-state index contributed by atoms with van der Waals surface area (Å²) in [6.07, 6.45) is 0. The number of guanidine groups is 1. The van der Waals surface area contributed by atoms with Crippen molar-refractivity contribution in [1.82, 2.24) is 4.58 Å². The lowest BCUT2D eigenvalue weighted by molar-refractivity contribution is 1.02. The molecule has 0 heterocycles. The van der Waals surface area contributed by atoms with Gasteiger partial charge in [-0.15, -0.1) is 5.34 Å². The molecule has 6 aromatic rings. The Hall–Kier alpha value is -6.01. The normalized spacial score (nSPS) is 10.2. The first kappa shape index (κ1) is 30.4. The molecular weight excluding hydrogens is 556 g/mol. The molecule has 6 heteroatoms. The van der Waals surface area contributed by atoms with Crippen LogP contribution in [0.4, 0.5) is 34.1 Å². The highest BCUT2D eigenvalue weighted by Gasteiger charge is 2.36. The number of para-hydroxylation sites is 4. The first-order chi connectivity index (χ1) is 22.1. The van der Waals surface area contributed by atoms with E-state index in [-0.39, 0.29) is 0 Å². The van der Waals surface area contributed by atoms with E-state index in [0.717, 1.165) is 45.4 Å². The van der Waals surface area contributed by atoms with Crippen LogP contribution in [0.3, 0.4) is 0 Å². The third-order valence-corrected chi connectivity index (χ3v) is 7.24. The van der Waals surface area contributed by atoms with E-state index in [2.05, 4.69) is 198 Å². The maximum Gasteiger partial charge on any atom is 0.380 e. The largest absolute Gasteiger partial charge is 0.444 e. The number of hydrogen-bond acceptors (Lipinski definition) is 3. The molecule has 6 rings (SSSR count). The van der Waals surface area contributed by atoms with Gasteiger partial charge in [0.05, 0.1) is 0 Å². The molecule has 6 nitrogen and oxygen atoms in total. The minimum atomic E-state index is 0.956. The molecule has 0 aliphatic carbocycles. The standard InChI is InChI=1S/C39H34N3.HNO2/c1-31-23-27-37(28-24-31)42(38-29-25-32(2)26-30-38)39(40(33-15-7-3-8-16-33)34-17-9-4-10-18-34)41(35-19-11-5-12-20-35)36-21-13-6-14-22-36;2-1-3/h3-30H,1-2H3;(H,2,3)/q+1;/p-1. The SMILES string of the molecule is Cc1ccc([N+](=C(N(c2ccccc2)c2ccccc2)N(c2ccccc2)c2ccccc2)c2ccc(C)cc2)cc1.O=N[O-]. The highest BCUT2D eigenvalue weighted by atomic mass is 16.6. The minimum absolute atomic E-state index is 0.956. The second-order valence-electron chi connectivity index (χ2n) is 10.4. The third-order valence-electron chi connectivity index (χ3n) is 7.24. The summed E-state index contributed by atoms with van der Waals surface area (Å²) in [4.78, 5) is 12.7. The summed E-state index contributed by atoms with van der Waals surface area (Å²) in [6.45, 7) is 4.26. The summed E-state index contributed by atoms with van der Waals surface area (Å²) < 4.78 is 2.36. The van der Waals surface area contributed by atoms with Crippen molar-refractivity contribution < 1.29 is 0 Å². The van der Waals surface area contributed by atoms with Gasteiger partial charge in [-0.2, -0.15) is 14.4 Å². The summed E-state index contributed by atoms with van der Waals surface area (Å²) in [5.74, 6) is 0.956. The molecule has 6 aromatic carbocycles. The van der Waals surface area contributed by atoms with Crippen LogP contribution in [-0.2, 0) is 0 Å². The van der Waals surface area contributed by atoms with Crippen LogP contribution in [0.2, 0.25) is 0 Å². The lowest BCUT2D eigenvalue weighted by atomic mass is 10.1. The van der Waals surface area contributed by atoms with Crippen LogP contribution in [0.1, 0.15) is 11.1 Å². The number of aryl methyl sites for hydroxylation is 2. The second-order valence-corrected chi connectivity index (χ2v) is 10.4. The number of benzene rings is 6. The molecule has 0 radical (unpaired) electrons. The van der Waals surface area contributed by atoms with Gasteiger partial charge in [0.25, 0.3) is 0 Å². The van der Waals surface area contributed by atoms with Crippen LogP contribution in [0.5, 0.6) is 0 Å². The molecule has 0 atom stereocenters. The zero-order valence-corrected chi connectivity index (χ0v) is 25.3. The van der Waals surface area contributed by atoms with Crippen LogP contribution in [0.25, 0.3) is 0 Å². The molecule has 222 valence electrons. The third kappa shape index (κ3) is 7.32. The van der Waals surface area contributed by atoms with Crippen molar-refractivity contribution in [3.63, 3.8) is 0 Å². The van der Waals surface area contributed by atoms with E-state index >= 15 is 0 Å². The van der Waals surface area contributed by atoms with Gasteiger partial charge < -0.3 is 10.1 Å². The second kappa shape index (κ2) is 14.9. The van der Waals surface area contributed by atoms with Crippen LogP contribution in [-0.4, -0.2) is 5.96 Å². The van der Waals surface area contributed by atoms with E-state index in [4.69, 9.17) is 10.1 Å². The molecule has 0 saturated heterocycles. The molecule has 0 saturated carbocycles. The van der Waals surface area contributed by atoms with Crippen molar-refractivity contribution >= 4 is 40.1 Å². The van der Waals surface area contributed by atoms with Crippen LogP contribution in [0, 0.1) is 24.0 Å². The highest BCUT2D eigenvalue weighted by Crippen LogP contribution is 2.35. The predicted molar refractivity (Wildman–Crippen MR) is 188 cm³/mol. The molecule has 0 aromatic heterocycles. The molecule has 45 heavy (non-hydrogen) atoms. The first-order valence-electron chi connectivity index (χ1n) is 14.7. The summed E-state index contributed by atoms with van der Waals surface area (Å²) in [7, 11) is 0. The number of hydrogen-bond donors (Lipinski definition) is 0. The van der Waals surface area contributed by atoms with Gasteiger partial charge in [-0.3, -0.25) is 0 Å². The number of anilines is 4. The summed E-state index contributed by atoms with van der Waals surface area (Å²) in [5.41, 5.74) is 8.78. The zero-order valence-electron chi connectivity index (χ0n) is 25.3. The van der Waals surface area contributed by atoms with E-state index in [9.17, 15) is 0 Å². The lowest BCUT2D eigenvalue weighted by Crippen LogP contribution is -2.45. The van der Waals surface area contributed by atoms with Crippen LogP contribution in [0.15, 0.2) is 175 Å². The van der Waals surface area contributed by atoms with Gasteiger partial charge in [-0.25, -0.2) is 0 Å². The monoisotopic (exact) mass is 590 g/mol. The Morgan fingerprint density at radius 2 is 0.711 bits per heavy atom. The van der Waals surface area contributed by atoms with Crippen molar-refractivity contribution in [3.8, 4) is 0 Å². The van der Waals surface area contributed by atoms with E-state index in [1.165, 1.54) is 11.1 Å². The van der Waals surface area contributed by atoms with E-state index in [0.29, 0.717) is 0 Å². The molecule has 0 spiro atoms. The van der Waals surface area contributed by atoms with Crippen molar-refractivity contribution in [1.29, 1.82) is 0 Å². The summed E-state index contributed by atoms with van der Waals surface area (Å²) in [5, 5.41) is 9.00. The average Bonchev–Trinajstić information content (AvgIpc) is 3.09. The maximum atomic E-state index is 8.00. The Labute approximate surface area is 264 Å². The van der Waals surface area contributed by atoms with E-state index in [1.807, 2.05) is 0 Å². The molecule has 0 aliphatic rings. The Morgan fingerprint density at radius 1 is 0.467 bits per heavy atom. The van der Waals surface area contributed by atoms with E-state index < -0.39 is 0 Å². The van der Waals surface area contributed by atoms with Gasteiger partial charge in [0.15, 0.2) is 0 Å². The molecule has 0 fully saturated rings. The fraction of sp³-hybridized carbons (Fsp3) is 0.0513. The summed E-state index contributed by atoms with van der Waals surface area (Å²) >= 11 is 0. The van der Waals surface area contributed by atoms with Gasteiger partial charge in [-0.05, 0) is 86.6 Å². The topological polar surface area (TPSA) is 62.0 Å². The van der Waals surface area contributed by atoms with Gasteiger partial charge in [0.1, 0.15) is 34.1 Å².